The highest BCUT2D eigenvalue weighted by molar-refractivity contribution is 7.98. The van der Waals surface area contributed by atoms with E-state index < -0.39 is 10.7 Å². The molecule has 0 saturated carbocycles. The number of rotatable bonds is 4. The average Bonchev–Trinajstić information content (AvgIpc) is 2.46. The van der Waals surface area contributed by atoms with Crippen LogP contribution >= 0.6 is 11.8 Å². The van der Waals surface area contributed by atoms with Gasteiger partial charge in [-0.15, -0.1) is 11.8 Å². The maximum atomic E-state index is 13.6. The van der Waals surface area contributed by atoms with Gasteiger partial charge in [-0.05, 0) is 29.8 Å². The zero-order valence-electron chi connectivity index (χ0n) is 10.2. The van der Waals surface area contributed by atoms with E-state index in [0.29, 0.717) is 16.0 Å². The Hall–Kier alpha value is -2.39. The molecule has 0 aromatic heterocycles. The van der Waals surface area contributed by atoms with Crippen molar-refractivity contribution >= 4 is 17.4 Å². The molecule has 6 heteroatoms. The first kappa shape index (κ1) is 14.0. The summed E-state index contributed by atoms with van der Waals surface area (Å²) in [6.07, 6.45) is 0. The van der Waals surface area contributed by atoms with E-state index in [1.165, 1.54) is 36.0 Å². The molecule has 0 amide bonds. The molecule has 0 unspecified atom stereocenters. The van der Waals surface area contributed by atoms with Crippen LogP contribution in [0.1, 0.15) is 11.1 Å². The number of para-hydroxylation sites is 1. The minimum atomic E-state index is -0.468. The molecule has 0 aliphatic rings. The zero-order valence-corrected chi connectivity index (χ0v) is 11.1. The molecule has 0 saturated heterocycles. The summed E-state index contributed by atoms with van der Waals surface area (Å²) >= 11 is 1.17. The maximum Gasteiger partial charge on any atom is 0.282 e. The van der Waals surface area contributed by atoms with E-state index in [-0.39, 0.29) is 11.4 Å². The van der Waals surface area contributed by atoms with Gasteiger partial charge >= 0.3 is 0 Å². The molecule has 0 atom stereocenters. The van der Waals surface area contributed by atoms with Crippen molar-refractivity contribution in [2.75, 3.05) is 0 Å². The number of thioether (sulfide) groups is 1. The van der Waals surface area contributed by atoms with Crippen LogP contribution in [0.25, 0.3) is 0 Å². The highest BCUT2D eigenvalue weighted by atomic mass is 32.2. The van der Waals surface area contributed by atoms with Gasteiger partial charge in [-0.2, -0.15) is 5.26 Å². The van der Waals surface area contributed by atoms with E-state index in [2.05, 4.69) is 0 Å². The molecule has 2 aromatic rings. The van der Waals surface area contributed by atoms with Crippen molar-refractivity contribution in [1.82, 2.24) is 0 Å². The fourth-order valence-corrected chi connectivity index (χ4v) is 2.64. The van der Waals surface area contributed by atoms with Crippen LogP contribution in [0, 0.1) is 27.3 Å². The second kappa shape index (κ2) is 6.17. The van der Waals surface area contributed by atoms with Crippen molar-refractivity contribution in [3.05, 3.63) is 69.5 Å². The molecule has 0 aliphatic heterocycles. The summed E-state index contributed by atoms with van der Waals surface area (Å²) in [6, 6.07) is 12.3. The van der Waals surface area contributed by atoms with Crippen LogP contribution in [0.15, 0.2) is 47.4 Å². The normalized spacial score (nSPS) is 10.0. The lowest BCUT2D eigenvalue weighted by atomic mass is 10.1. The van der Waals surface area contributed by atoms with Gasteiger partial charge in [0.1, 0.15) is 5.82 Å². The Morgan fingerprint density at radius 1 is 1.30 bits per heavy atom. The lowest BCUT2D eigenvalue weighted by molar-refractivity contribution is -0.387. The molecule has 0 N–H and O–H groups in total. The lowest BCUT2D eigenvalue weighted by Gasteiger charge is -2.04. The Kier molecular flexibility index (Phi) is 4.33. The van der Waals surface area contributed by atoms with E-state index in [4.69, 9.17) is 5.26 Å². The SMILES string of the molecule is N#Cc1ccc(F)c(CSc2ccccc2[N+](=O)[O-])c1. The van der Waals surface area contributed by atoms with E-state index >= 15 is 0 Å². The number of benzene rings is 2. The predicted octanol–water partition coefficient (Wildman–Crippen LogP) is 3.90. The average molecular weight is 288 g/mol. The largest absolute Gasteiger partial charge is 0.282 e. The third kappa shape index (κ3) is 3.13. The molecule has 4 nitrogen and oxygen atoms in total. The third-order valence-corrected chi connectivity index (χ3v) is 3.73. The van der Waals surface area contributed by atoms with Crippen LogP contribution in [0.2, 0.25) is 0 Å². The van der Waals surface area contributed by atoms with E-state index in [9.17, 15) is 14.5 Å². The molecule has 0 aliphatic carbocycles. The molecule has 0 fully saturated rings. The predicted molar refractivity (Wildman–Crippen MR) is 73.8 cm³/mol. The second-order valence-corrected chi connectivity index (χ2v) is 4.95. The smallest absolute Gasteiger partial charge is 0.258 e. The van der Waals surface area contributed by atoms with Crippen LogP contribution in [0.5, 0.6) is 0 Å². The zero-order chi connectivity index (χ0) is 14.5. The van der Waals surface area contributed by atoms with Crippen molar-refractivity contribution in [3.63, 3.8) is 0 Å². The molecule has 20 heavy (non-hydrogen) atoms. The highest BCUT2D eigenvalue weighted by Gasteiger charge is 2.13. The van der Waals surface area contributed by atoms with Gasteiger partial charge in [0.2, 0.25) is 0 Å². The fourth-order valence-electron chi connectivity index (χ4n) is 1.64. The summed E-state index contributed by atoms with van der Waals surface area (Å²) in [6.45, 7) is 0. The molecule has 2 aromatic carbocycles. The molecule has 0 spiro atoms. The van der Waals surface area contributed by atoms with Gasteiger partial charge < -0.3 is 0 Å². The summed E-state index contributed by atoms with van der Waals surface area (Å²) < 4.78 is 13.6. The third-order valence-electron chi connectivity index (χ3n) is 2.62. The number of nitro groups is 1. The Morgan fingerprint density at radius 3 is 2.75 bits per heavy atom. The van der Waals surface area contributed by atoms with E-state index in [1.54, 1.807) is 18.2 Å². The fraction of sp³-hybridized carbons (Fsp3) is 0.0714. The summed E-state index contributed by atoms with van der Waals surface area (Å²) in [5, 5.41) is 19.7. The first-order valence-corrected chi connectivity index (χ1v) is 6.65. The Morgan fingerprint density at radius 2 is 2.05 bits per heavy atom. The molecule has 0 radical (unpaired) electrons. The van der Waals surface area contributed by atoms with Crippen LogP contribution in [-0.2, 0) is 5.75 Å². The van der Waals surface area contributed by atoms with Crippen molar-refractivity contribution in [2.45, 2.75) is 10.6 Å². The van der Waals surface area contributed by atoms with Gasteiger partial charge in [0.15, 0.2) is 0 Å². The number of nitrogens with zero attached hydrogens (tertiary/aromatic N) is 2. The lowest BCUT2D eigenvalue weighted by Crippen LogP contribution is -1.92. The first-order chi connectivity index (χ1) is 9.61. The Bertz CT molecular complexity index is 698. The van der Waals surface area contributed by atoms with Gasteiger partial charge in [0.05, 0.1) is 21.5 Å². The number of halogens is 1. The molecule has 0 heterocycles. The molecule has 100 valence electrons. The van der Waals surface area contributed by atoms with Crippen molar-refractivity contribution in [2.24, 2.45) is 0 Å². The quantitative estimate of drug-likeness (QED) is 0.486. The number of nitro benzene ring substituents is 1. The summed E-state index contributed by atoms with van der Waals surface area (Å²) in [5.74, 6) is -0.193. The van der Waals surface area contributed by atoms with E-state index in [0.717, 1.165) is 0 Å². The van der Waals surface area contributed by atoms with Crippen LogP contribution in [0.3, 0.4) is 0 Å². The summed E-state index contributed by atoms with van der Waals surface area (Å²) in [7, 11) is 0. The van der Waals surface area contributed by atoms with E-state index in [1.807, 2.05) is 6.07 Å². The monoisotopic (exact) mass is 288 g/mol. The first-order valence-electron chi connectivity index (χ1n) is 5.66. The number of nitriles is 1. The number of hydrogen-bond acceptors (Lipinski definition) is 4. The van der Waals surface area contributed by atoms with Gasteiger partial charge in [-0.1, -0.05) is 12.1 Å². The van der Waals surface area contributed by atoms with Gasteiger partial charge in [-0.25, -0.2) is 4.39 Å². The van der Waals surface area contributed by atoms with Gasteiger partial charge in [-0.3, -0.25) is 10.1 Å². The van der Waals surface area contributed by atoms with Crippen LogP contribution in [-0.4, -0.2) is 4.92 Å². The molecular weight excluding hydrogens is 279 g/mol. The summed E-state index contributed by atoms with van der Waals surface area (Å²) in [5.41, 5.74) is 0.714. The minimum Gasteiger partial charge on any atom is -0.258 e. The second-order valence-electron chi connectivity index (χ2n) is 3.93. The minimum absolute atomic E-state index is 0.00524. The van der Waals surface area contributed by atoms with Crippen molar-refractivity contribution < 1.29 is 9.31 Å². The molecular formula is C14H9FN2O2S. The highest BCUT2D eigenvalue weighted by Crippen LogP contribution is 2.31. The van der Waals surface area contributed by atoms with Gasteiger partial charge in [0.25, 0.3) is 5.69 Å². The van der Waals surface area contributed by atoms with Crippen molar-refractivity contribution in [3.8, 4) is 6.07 Å². The topological polar surface area (TPSA) is 66.9 Å². The Balaban J connectivity index is 2.21. The molecule has 0 bridgehead atoms. The standard InChI is InChI=1S/C14H9FN2O2S/c15-12-6-5-10(8-16)7-11(12)9-20-14-4-2-1-3-13(14)17(18)19/h1-7H,9H2. The summed E-state index contributed by atoms with van der Waals surface area (Å²) in [4.78, 5) is 10.9. The maximum absolute atomic E-state index is 13.6. The van der Waals surface area contributed by atoms with Gasteiger partial charge in [0, 0.05) is 11.8 Å². The van der Waals surface area contributed by atoms with Crippen molar-refractivity contribution in [1.29, 1.82) is 5.26 Å². The number of hydrogen-bond donors (Lipinski definition) is 0. The van der Waals surface area contributed by atoms with Crippen LogP contribution in [0.4, 0.5) is 10.1 Å². The molecule has 2 rings (SSSR count). The Labute approximate surface area is 119 Å². The van der Waals surface area contributed by atoms with Crippen LogP contribution < -0.4 is 0 Å².